The normalized spacial score (nSPS) is 14.4. The van der Waals surface area contributed by atoms with E-state index in [4.69, 9.17) is 4.98 Å². The van der Waals surface area contributed by atoms with Crippen molar-refractivity contribution in [2.75, 3.05) is 44.2 Å². The first-order valence-electron chi connectivity index (χ1n) is 12.3. The molecule has 5 rings (SSSR count). The number of nitrogens with zero attached hydrogens (tertiary/aromatic N) is 5. The third-order valence-electron chi connectivity index (χ3n) is 6.71. The van der Waals surface area contributed by atoms with Crippen LogP contribution in [0.4, 0.5) is 5.69 Å². The molecule has 1 aliphatic heterocycles. The second-order valence-corrected chi connectivity index (χ2v) is 9.10. The fourth-order valence-corrected chi connectivity index (χ4v) is 4.85. The minimum absolute atomic E-state index is 0.0698. The fourth-order valence-electron chi connectivity index (χ4n) is 4.85. The van der Waals surface area contributed by atoms with Crippen LogP contribution >= 0.6 is 0 Å². The average molecular weight is 469 g/mol. The van der Waals surface area contributed by atoms with E-state index < -0.39 is 0 Å². The van der Waals surface area contributed by atoms with Crippen LogP contribution in [-0.4, -0.2) is 64.8 Å². The Morgan fingerprint density at radius 3 is 2.37 bits per heavy atom. The van der Waals surface area contributed by atoms with Gasteiger partial charge in [0.2, 0.25) is 0 Å². The average Bonchev–Trinajstić information content (AvgIpc) is 3.20. The molecule has 0 spiro atoms. The lowest BCUT2D eigenvalue weighted by Crippen LogP contribution is -2.47. The van der Waals surface area contributed by atoms with Crippen molar-refractivity contribution >= 4 is 22.6 Å². The Morgan fingerprint density at radius 2 is 1.66 bits per heavy atom. The summed E-state index contributed by atoms with van der Waals surface area (Å²) in [6.45, 7) is 7.71. The van der Waals surface area contributed by atoms with Crippen molar-refractivity contribution in [2.45, 2.75) is 13.3 Å². The highest BCUT2D eigenvalue weighted by molar-refractivity contribution is 6.07. The molecule has 180 valence electrons. The first kappa shape index (κ1) is 23.1. The Bertz CT molecular complexity index is 1290. The SMILES string of the molecule is Cc1nn(C)c2nc(-c3ccccc3)cc(C(=O)NCCCN3CCN(c4ccccc4)CC3)c12. The molecule has 1 fully saturated rings. The van der Waals surface area contributed by atoms with Gasteiger partial charge in [-0.15, -0.1) is 0 Å². The minimum atomic E-state index is -0.0698. The molecule has 7 nitrogen and oxygen atoms in total. The molecule has 3 heterocycles. The number of amides is 1. The van der Waals surface area contributed by atoms with E-state index in [1.165, 1.54) is 5.69 Å². The monoisotopic (exact) mass is 468 g/mol. The molecular formula is C28H32N6O. The van der Waals surface area contributed by atoms with Gasteiger partial charge in [0, 0.05) is 51.0 Å². The van der Waals surface area contributed by atoms with Crippen molar-refractivity contribution in [3.8, 4) is 11.3 Å². The highest BCUT2D eigenvalue weighted by atomic mass is 16.1. The number of hydrogen-bond acceptors (Lipinski definition) is 5. The van der Waals surface area contributed by atoms with Crippen LogP contribution in [0.2, 0.25) is 0 Å². The molecule has 1 amide bonds. The van der Waals surface area contributed by atoms with Crippen LogP contribution in [-0.2, 0) is 7.05 Å². The Hall–Kier alpha value is -3.71. The smallest absolute Gasteiger partial charge is 0.252 e. The maximum Gasteiger partial charge on any atom is 0.252 e. The zero-order chi connectivity index (χ0) is 24.2. The molecule has 1 aliphatic rings. The van der Waals surface area contributed by atoms with Gasteiger partial charge in [0.05, 0.1) is 22.3 Å². The van der Waals surface area contributed by atoms with Crippen molar-refractivity contribution in [2.24, 2.45) is 7.05 Å². The number of aromatic nitrogens is 3. The number of carbonyl (C=O) groups is 1. The van der Waals surface area contributed by atoms with E-state index in [1.807, 2.05) is 50.4 Å². The van der Waals surface area contributed by atoms with Crippen molar-refractivity contribution in [1.29, 1.82) is 0 Å². The predicted molar refractivity (Wildman–Crippen MR) is 141 cm³/mol. The molecule has 0 atom stereocenters. The largest absolute Gasteiger partial charge is 0.369 e. The maximum atomic E-state index is 13.3. The molecule has 2 aromatic carbocycles. The summed E-state index contributed by atoms with van der Waals surface area (Å²) in [6, 6.07) is 22.5. The molecule has 35 heavy (non-hydrogen) atoms. The first-order chi connectivity index (χ1) is 17.1. The zero-order valence-electron chi connectivity index (χ0n) is 20.4. The van der Waals surface area contributed by atoms with Crippen LogP contribution in [0.3, 0.4) is 0 Å². The van der Waals surface area contributed by atoms with E-state index in [2.05, 4.69) is 50.5 Å². The number of pyridine rings is 1. The van der Waals surface area contributed by atoms with Crippen LogP contribution in [0, 0.1) is 6.92 Å². The van der Waals surface area contributed by atoms with Crippen molar-refractivity contribution in [3.05, 3.63) is 78.0 Å². The van der Waals surface area contributed by atoms with Crippen LogP contribution < -0.4 is 10.2 Å². The van der Waals surface area contributed by atoms with Gasteiger partial charge in [-0.3, -0.25) is 14.4 Å². The standard InChI is InChI=1S/C28H32N6O/c1-21-26-24(20-25(22-10-5-3-6-11-22)30-27(26)32(2)31-21)28(35)29-14-9-15-33-16-18-34(19-17-33)23-12-7-4-8-13-23/h3-8,10-13,20H,9,14-19H2,1-2H3,(H,29,35). The molecular weight excluding hydrogens is 436 g/mol. The number of nitrogens with one attached hydrogen (secondary N) is 1. The van der Waals surface area contributed by atoms with Gasteiger partial charge in [-0.1, -0.05) is 48.5 Å². The Balaban J connectivity index is 1.20. The Morgan fingerprint density at radius 1 is 0.971 bits per heavy atom. The van der Waals surface area contributed by atoms with Crippen molar-refractivity contribution < 1.29 is 4.79 Å². The Kier molecular flexibility index (Phi) is 6.77. The third-order valence-corrected chi connectivity index (χ3v) is 6.71. The number of carbonyl (C=O) groups excluding carboxylic acids is 1. The number of hydrogen-bond donors (Lipinski definition) is 1. The highest BCUT2D eigenvalue weighted by Crippen LogP contribution is 2.26. The molecule has 1 N–H and O–H groups in total. The number of aryl methyl sites for hydroxylation is 2. The van der Waals surface area contributed by atoms with Gasteiger partial charge in [-0.2, -0.15) is 5.10 Å². The van der Waals surface area contributed by atoms with Gasteiger partial charge in [0.1, 0.15) is 0 Å². The molecule has 0 bridgehead atoms. The molecule has 7 heteroatoms. The second kappa shape index (κ2) is 10.3. The van der Waals surface area contributed by atoms with Gasteiger partial charge in [0.15, 0.2) is 5.65 Å². The summed E-state index contributed by atoms with van der Waals surface area (Å²) in [4.78, 5) is 23.0. The predicted octanol–water partition coefficient (Wildman–Crippen LogP) is 3.89. The van der Waals surface area contributed by atoms with Crippen molar-refractivity contribution in [3.63, 3.8) is 0 Å². The van der Waals surface area contributed by atoms with Gasteiger partial charge >= 0.3 is 0 Å². The van der Waals surface area contributed by atoms with Crippen LogP contribution in [0.1, 0.15) is 22.5 Å². The van der Waals surface area contributed by atoms with E-state index in [1.54, 1.807) is 4.68 Å². The molecule has 0 saturated carbocycles. The van der Waals surface area contributed by atoms with E-state index in [0.717, 1.165) is 67.1 Å². The van der Waals surface area contributed by atoms with Gasteiger partial charge in [-0.25, -0.2) is 4.98 Å². The van der Waals surface area contributed by atoms with Crippen LogP contribution in [0.15, 0.2) is 66.7 Å². The zero-order valence-corrected chi connectivity index (χ0v) is 20.4. The van der Waals surface area contributed by atoms with E-state index in [0.29, 0.717) is 12.1 Å². The number of para-hydroxylation sites is 1. The molecule has 0 radical (unpaired) electrons. The summed E-state index contributed by atoms with van der Waals surface area (Å²) in [7, 11) is 1.87. The van der Waals surface area contributed by atoms with Gasteiger partial charge in [0.25, 0.3) is 5.91 Å². The van der Waals surface area contributed by atoms with Crippen LogP contribution in [0.5, 0.6) is 0 Å². The third kappa shape index (κ3) is 5.05. The number of piperazine rings is 1. The molecule has 1 saturated heterocycles. The summed E-state index contributed by atoms with van der Waals surface area (Å²) in [5.74, 6) is -0.0698. The minimum Gasteiger partial charge on any atom is -0.369 e. The number of fused-ring (bicyclic) bond motifs is 1. The topological polar surface area (TPSA) is 66.3 Å². The van der Waals surface area contributed by atoms with E-state index in [-0.39, 0.29) is 5.91 Å². The lowest BCUT2D eigenvalue weighted by Gasteiger charge is -2.36. The maximum absolute atomic E-state index is 13.3. The summed E-state index contributed by atoms with van der Waals surface area (Å²) in [5.41, 5.74) is 5.24. The molecule has 0 unspecified atom stereocenters. The molecule has 4 aromatic rings. The van der Waals surface area contributed by atoms with E-state index in [9.17, 15) is 4.79 Å². The second-order valence-electron chi connectivity index (χ2n) is 9.10. The summed E-state index contributed by atoms with van der Waals surface area (Å²) in [6.07, 6.45) is 0.920. The summed E-state index contributed by atoms with van der Waals surface area (Å²) in [5, 5.41) is 8.48. The fraction of sp³-hybridized carbons (Fsp3) is 0.321. The molecule has 2 aromatic heterocycles. The Labute approximate surface area is 206 Å². The quantitative estimate of drug-likeness (QED) is 0.417. The summed E-state index contributed by atoms with van der Waals surface area (Å²) >= 11 is 0. The first-order valence-corrected chi connectivity index (χ1v) is 12.3. The number of benzene rings is 2. The summed E-state index contributed by atoms with van der Waals surface area (Å²) < 4.78 is 1.75. The number of anilines is 1. The van der Waals surface area contributed by atoms with E-state index >= 15 is 0 Å². The number of rotatable bonds is 7. The van der Waals surface area contributed by atoms with Crippen molar-refractivity contribution in [1.82, 2.24) is 25.0 Å². The lowest BCUT2D eigenvalue weighted by atomic mass is 10.0. The van der Waals surface area contributed by atoms with Crippen LogP contribution in [0.25, 0.3) is 22.3 Å². The highest BCUT2D eigenvalue weighted by Gasteiger charge is 2.20. The van der Waals surface area contributed by atoms with Gasteiger partial charge < -0.3 is 10.2 Å². The molecule has 0 aliphatic carbocycles. The van der Waals surface area contributed by atoms with Gasteiger partial charge in [-0.05, 0) is 38.1 Å². The lowest BCUT2D eigenvalue weighted by molar-refractivity contribution is 0.0953.